The first-order valence-corrected chi connectivity index (χ1v) is 6.19. The fourth-order valence-corrected chi connectivity index (χ4v) is 2.13. The van der Waals surface area contributed by atoms with Gasteiger partial charge in [-0.1, -0.05) is 24.3 Å². The maximum atomic E-state index is 13.9. The van der Waals surface area contributed by atoms with E-state index in [-0.39, 0.29) is 11.9 Å². The van der Waals surface area contributed by atoms with Crippen LogP contribution in [0.4, 0.5) is 4.39 Å². The summed E-state index contributed by atoms with van der Waals surface area (Å²) in [5.41, 5.74) is 7.92. The Balaban J connectivity index is 2.17. The number of benzene rings is 2. The van der Waals surface area contributed by atoms with Crippen molar-refractivity contribution in [1.29, 1.82) is 0 Å². The van der Waals surface area contributed by atoms with Gasteiger partial charge >= 0.3 is 0 Å². The molecule has 3 heteroatoms. The van der Waals surface area contributed by atoms with Crippen LogP contribution in [-0.4, -0.2) is 0 Å². The quantitative estimate of drug-likeness (QED) is 0.743. The Morgan fingerprint density at radius 3 is 2.63 bits per heavy atom. The maximum Gasteiger partial charge on any atom is 0.138 e. The van der Waals surface area contributed by atoms with Gasteiger partial charge in [0, 0.05) is 11.4 Å². The lowest BCUT2D eigenvalue weighted by Crippen LogP contribution is -2.05. The van der Waals surface area contributed by atoms with Gasteiger partial charge in [-0.15, -0.1) is 0 Å². The number of hydrogen-bond acceptors (Lipinski definition) is 2. The Hall–Kier alpha value is -2.13. The van der Waals surface area contributed by atoms with E-state index in [1.165, 1.54) is 6.07 Å². The van der Waals surface area contributed by atoms with Crippen LogP contribution in [0.5, 0.6) is 0 Å². The Bertz CT molecular complexity index is 697. The van der Waals surface area contributed by atoms with Crippen molar-refractivity contribution in [3.05, 3.63) is 59.9 Å². The van der Waals surface area contributed by atoms with Gasteiger partial charge in [0.05, 0.1) is 5.56 Å². The molecule has 1 unspecified atom stereocenters. The molecule has 0 amide bonds. The molecule has 0 saturated carbocycles. The van der Waals surface area contributed by atoms with E-state index in [1.807, 2.05) is 37.3 Å². The summed E-state index contributed by atoms with van der Waals surface area (Å²) in [7, 11) is 0. The summed E-state index contributed by atoms with van der Waals surface area (Å²) in [6.07, 6.45) is 0. The normalized spacial score (nSPS) is 12.8. The van der Waals surface area contributed by atoms with Crippen LogP contribution >= 0.6 is 0 Å². The summed E-state index contributed by atoms with van der Waals surface area (Å²) in [6.45, 7) is 1.87. The average Bonchev–Trinajstić information content (AvgIpc) is 2.82. The van der Waals surface area contributed by atoms with Crippen LogP contribution in [0.1, 0.15) is 18.5 Å². The molecule has 1 atom stereocenters. The van der Waals surface area contributed by atoms with E-state index in [1.54, 1.807) is 12.1 Å². The van der Waals surface area contributed by atoms with Gasteiger partial charge in [-0.2, -0.15) is 0 Å². The summed E-state index contributed by atoms with van der Waals surface area (Å²) in [4.78, 5) is 0. The number of furan rings is 1. The SMILES string of the molecule is CC(N)c1ccc(F)c(-c2cc3ccccc3o2)c1. The molecular formula is C16H14FNO. The summed E-state index contributed by atoms with van der Waals surface area (Å²) < 4.78 is 19.6. The Labute approximate surface area is 110 Å². The van der Waals surface area contributed by atoms with E-state index in [2.05, 4.69) is 0 Å². The molecule has 0 aliphatic rings. The monoisotopic (exact) mass is 255 g/mol. The van der Waals surface area contributed by atoms with Crippen molar-refractivity contribution in [3.8, 4) is 11.3 Å². The zero-order valence-corrected chi connectivity index (χ0v) is 10.6. The number of halogens is 1. The Morgan fingerprint density at radius 2 is 1.89 bits per heavy atom. The molecule has 19 heavy (non-hydrogen) atoms. The highest BCUT2D eigenvalue weighted by atomic mass is 19.1. The second-order valence-corrected chi connectivity index (χ2v) is 4.68. The molecule has 0 bridgehead atoms. The molecule has 0 aliphatic carbocycles. The van der Waals surface area contributed by atoms with Crippen LogP contribution < -0.4 is 5.73 Å². The molecule has 0 aliphatic heterocycles. The molecule has 2 aromatic carbocycles. The predicted octanol–water partition coefficient (Wildman–Crippen LogP) is 4.26. The summed E-state index contributed by atoms with van der Waals surface area (Å²) in [5, 5.41) is 0.961. The third kappa shape index (κ3) is 2.13. The predicted molar refractivity (Wildman–Crippen MR) is 74.2 cm³/mol. The van der Waals surface area contributed by atoms with Gasteiger partial charge in [-0.25, -0.2) is 4.39 Å². The molecule has 2 nitrogen and oxygen atoms in total. The van der Waals surface area contributed by atoms with Crippen molar-refractivity contribution < 1.29 is 8.81 Å². The highest BCUT2D eigenvalue weighted by Gasteiger charge is 2.12. The van der Waals surface area contributed by atoms with Crippen molar-refractivity contribution in [2.24, 2.45) is 5.73 Å². The molecule has 1 heterocycles. The van der Waals surface area contributed by atoms with Crippen LogP contribution in [0.25, 0.3) is 22.3 Å². The van der Waals surface area contributed by atoms with Crippen molar-refractivity contribution in [3.63, 3.8) is 0 Å². The van der Waals surface area contributed by atoms with Gasteiger partial charge in [0.15, 0.2) is 0 Å². The summed E-state index contributed by atoms with van der Waals surface area (Å²) in [6, 6.07) is 14.2. The lowest BCUT2D eigenvalue weighted by molar-refractivity contribution is 0.600. The molecule has 3 rings (SSSR count). The Morgan fingerprint density at radius 1 is 1.11 bits per heavy atom. The lowest BCUT2D eigenvalue weighted by atomic mass is 10.0. The van der Waals surface area contributed by atoms with Crippen LogP contribution in [-0.2, 0) is 0 Å². The first-order chi connectivity index (χ1) is 9.15. The summed E-state index contributed by atoms with van der Waals surface area (Å²) in [5.74, 6) is 0.227. The number of nitrogens with two attached hydrogens (primary N) is 1. The van der Waals surface area contributed by atoms with Crippen molar-refractivity contribution >= 4 is 11.0 Å². The number of hydrogen-bond donors (Lipinski definition) is 1. The molecular weight excluding hydrogens is 241 g/mol. The van der Waals surface area contributed by atoms with E-state index < -0.39 is 0 Å². The smallest absolute Gasteiger partial charge is 0.138 e. The van der Waals surface area contributed by atoms with Gasteiger partial charge in [0.1, 0.15) is 17.2 Å². The van der Waals surface area contributed by atoms with E-state index >= 15 is 0 Å². The fraction of sp³-hybridized carbons (Fsp3) is 0.125. The van der Waals surface area contributed by atoms with E-state index in [9.17, 15) is 4.39 Å². The van der Waals surface area contributed by atoms with Crippen LogP contribution in [0.2, 0.25) is 0 Å². The molecule has 2 N–H and O–H groups in total. The molecule has 3 aromatic rings. The summed E-state index contributed by atoms with van der Waals surface area (Å²) >= 11 is 0. The second kappa shape index (κ2) is 4.52. The lowest BCUT2D eigenvalue weighted by Gasteiger charge is -2.07. The third-order valence-electron chi connectivity index (χ3n) is 3.21. The van der Waals surface area contributed by atoms with Gasteiger partial charge in [0.2, 0.25) is 0 Å². The average molecular weight is 255 g/mol. The standard InChI is InChI=1S/C16H14FNO/c1-10(18)11-6-7-14(17)13(8-11)16-9-12-4-2-3-5-15(12)19-16/h2-10H,18H2,1H3. The zero-order chi connectivity index (χ0) is 13.4. The van der Waals surface area contributed by atoms with E-state index in [0.717, 1.165) is 16.5 Å². The van der Waals surface area contributed by atoms with Crippen molar-refractivity contribution in [1.82, 2.24) is 0 Å². The topological polar surface area (TPSA) is 39.2 Å². The molecule has 0 saturated heterocycles. The minimum absolute atomic E-state index is 0.135. The first-order valence-electron chi connectivity index (χ1n) is 6.19. The highest BCUT2D eigenvalue weighted by molar-refractivity contribution is 5.82. The second-order valence-electron chi connectivity index (χ2n) is 4.68. The van der Waals surface area contributed by atoms with Crippen LogP contribution in [0.15, 0.2) is 52.9 Å². The maximum absolute atomic E-state index is 13.9. The third-order valence-corrected chi connectivity index (χ3v) is 3.21. The number of fused-ring (bicyclic) bond motifs is 1. The fourth-order valence-electron chi connectivity index (χ4n) is 2.13. The molecule has 96 valence electrons. The van der Waals surface area contributed by atoms with Crippen molar-refractivity contribution in [2.75, 3.05) is 0 Å². The largest absolute Gasteiger partial charge is 0.456 e. The van der Waals surface area contributed by atoms with Gasteiger partial charge < -0.3 is 10.2 Å². The van der Waals surface area contributed by atoms with Crippen LogP contribution in [0.3, 0.4) is 0 Å². The van der Waals surface area contributed by atoms with Gasteiger partial charge in [-0.05, 0) is 36.8 Å². The van der Waals surface area contributed by atoms with Gasteiger partial charge in [-0.3, -0.25) is 0 Å². The van der Waals surface area contributed by atoms with E-state index in [0.29, 0.717) is 11.3 Å². The molecule has 0 radical (unpaired) electrons. The molecule has 0 fully saturated rings. The zero-order valence-electron chi connectivity index (χ0n) is 10.6. The molecule has 0 spiro atoms. The molecule has 1 aromatic heterocycles. The highest BCUT2D eigenvalue weighted by Crippen LogP contribution is 2.30. The van der Waals surface area contributed by atoms with Crippen molar-refractivity contribution in [2.45, 2.75) is 13.0 Å². The first kappa shape index (κ1) is 11.9. The number of rotatable bonds is 2. The number of para-hydroxylation sites is 1. The van der Waals surface area contributed by atoms with E-state index in [4.69, 9.17) is 10.2 Å². The minimum Gasteiger partial charge on any atom is -0.456 e. The Kier molecular flexibility index (Phi) is 2.84. The van der Waals surface area contributed by atoms with Crippen LogP contribution in [0, 0.1) is 5.82 Å². The van der Waals surface area contributed by atoms with Gasteiger partial charge in [0.25, 0.3) is 0 Å². The minimum atomic E-state index is -0.302.